The van der Waals surface area contributed by atoms with E-state index in [1.807, 2.05) is 13.0 Å². The summed E-state index contributed by atoms with van der Waals surface area (Å²) in [7, 11) is 1.41. The minimum atomic E-state index is -0.877. The van der Waals surface area contributed by atoms with E-state index in [0.29, 0.717) is 11.1 Å². The normalized spacial score (nSPS) is 9.98. The number of benzene rings is 6. The van der Waals surface area contributed by atoms with Crippen LogP contribution in [0.3, 0.4) is 0 Å². The number of rotatable bonds is 10. The maximum atomic E-state index is 10.6. The van der Waals surface area contributed by atoms with Crippen LogP contribution in [0.15, 0.2) is 218 Å². The van der Waals surface area contributed by atoms with E-state index in [-0.39, 0.29) is 69.4 Å². The second kappa shape index (κ2) is 34.5. The molecule has 3 N–H and O–H groups in total. The van der Waals surface area contributed by atoms with Crippen LogP contribution in [-0.4, -0.2) is 37.1 Å². The van der Waals surface area contributed by atoms with Crippen molar-refractivity contribution in [2.75, 3.05) is 14.2 Å². The number of esters is 2. The minimum absolute atomic E-state index is 0. The van der Waals surface area contributed by atoms with Crippen molar-refractivity contribution >= 4 is 59.6 Å². The molecule has 6 rings (SSSR count). The SMILES string of the molecule is C=C/C=C(\C)C(=O)OC.CC/C=C(\C)C(=O)OC.O.[Br-].[Na+].[OH-].c1ccc(P(c2ccccc2)c2ccccc2)cc1.c1ccc([PH+](c2ccccc2)c2ccccc2)cc1. The first kappa shape index (κ1) is 57.8. The van der Waals surface area contributed by atoms with Crippen LogP contribution in [-0.2, 0) is 19.1 Å². The van der Waals surface area contributed by atoms with E-state index >= 15 is 0 Å². The van der Waals surface area contributed by atoms with Crippen LogP contribution in [0, 0.1) is 0 Å². The number of hydrogen-bond donors (Lipinski definition) is 0. The van der Waals surface area contributed by atoms with Crippen LogP contribution < -0.4 is 78.4 Å². The number of ether oxygens (including phenoxy) is 2. The smallest absolute Gasteiger partial charge is 1.00 e. The zero-order chi connectivity index (χ0) is 40.4. The molecule has 0 heterocycles. The monoisotopic (exact) mass is 916 g/mol. The molecule has 0 aliphatic carbocycles. The summed E-state index contributed by atoms with van der Waals surface area (Å²) in [5.41, 5.74) is 1.24. The van der Waals surface area contributed by atoms with Gasteiger partial charge in [-0.25, -0.2) is 9.59 Å². The van der Waals surface area contributed by atoms with Crippen LogP contribution >= 0.6 is 15.8 Å². The van der Waals surface area contributed by atoms with E-state index in [1.54, 1.807) is 26.0 Å². The summed E-state index contributed by atoms with van der Waals surface area (Å²) in [4.78, 5) is 21.2. The molecule has 310 valence electrons. The fraction of sp³-hybridized carbons (Fsp3) is 0.120. The Morgan fingerprint density at radius 3 is 1.07 bits per heavy atom. The molecular weight excluding hydrogens is 861 g/mol. The first-order valence-electron chi connectivity index (χ1n) is 18.5. The minimum Gasteiger partial charge on any atom is -1.00 e. The number of halogens is 1. The van der Waals surface area contributed by atoms with Crippen molar-refractivity contribution in [1.82, 2.24) is 0 Å². The van der Waals surface area contributed by atoms with Gasteiger partial charge in [0.05, 0.1) is 22.1 Å². The number of carbonyl (C=O) groups excluding carboxylic acids is 2. The van der Waals surface area contributed by atoms with Crippen LogP contribution in [0.5, 0.6) is 0 Å². The zero-order valence-corrected chi connectivity index (χ0v) is 40.9. The van der Waals surface area contributed by atoms with Gasteiger partial charge in [-0.1, -0.05) is 177 Å². The van der Waals surface area contributed by atoms with Gasteiger partial charge in [-0.3, -0.25) is 0 Å². The molecule has 0 spiro atoms. The number of allylic oxidation sites excluding steroid dienone is 3. The van der Waals surface area contributed by atoms with E-state index in [4.69, 9.17) is 0 Å². The molecule has 6 nitrogen and oxygen atoms in total. The van der Waals surface area contributed by atoms with Gasteiger partial charge in [0.2, 0.25) is 0 Å². The van der Waals surface area contributed by atoms with Gasteiger partial charge in [-0.2, -0.15) is 0 Å². The summed E-state index contributed by atoms with van der Waals surface area (Å²) in [5.74, 6) is -0.549. The largest absolute Gasteiger partial charge is 1.00 e. The van der Waals surface area contributed by atoms with Gasteiger partial charge in [0, 0.05) is 11.1 Å². The van der Waals surface area contributed by atoms with Gasteiger partial charge >= 0.3 is 41.5 Å². The van der Waals surface area contributed by atoms with Gasteiger partial charge in [0.1, 0.15) is 15.9 Å². The van der Waals surface area contributed by atoms with Crippen LogP contribution in [0.25, 0.3) is 0 Å². The average Bonchev–Trinajstić information content (AvgIpc) is 3.26. The molecule has 0 unspecified atom stereocenters. The van der Waals surface area contributed by atoms with Gasteiger partial charge in [-0.05, 0) is 80.5 Å². The molecule has 0 radical (unpaired) electrons. The molecule has 60 heavy (non-hydrogen) atoms. The molecular formula is C50H56BrNaO6P2. The van der Waals surface area contributed by atoms with Crippen LogP contribution in [0.2, 0.25) is 0 Å². The van der Waals surface area contributed by atoms with Crippen molar-refractivity contribution in [3.8, 4) is 0 Å². The first-order chi connectivity index (χ1) is 27.3. The van der Waals surface area contributed by atoms with E-state index in [1.165, 1.54) is 46.0 Å². The van der Waals surface area contributed by atoms with Gasteiger partial charge in [0.15, 0.2) is 0 Å². The summed E-state index contributed by atoms with van der Waals surface area (Å²) >= 11 is 0. The molecule has 10 heteroatoms. The number of carbonyl (C=O) groups is 2. The molecule has 6 aromatic carbocycles. The summed E-state index contributed by atoms with van der Waals surface area (Å²) in [5, 5.41) is 8.50. The molecule has 0 aliphatic rings. The maximum Gasteiger partial charge on any atom is 1.00 e. The van der Waals surface area contributed by atoms with Crippen molar-refractivity contribution < 1.29 is 76.6 Å². The second-order valence-electron chi connectivity index (χ2n) is 12.2. The van der Waals surface area contributed by atoms with Crippen molar-refractivity contribution in [2.45, 2.75) is 27.2 Å². The Morgan fingerprint density at radius 2 is 0.817 bits per heavy atom. The number of methoxy groups -OCH3 is 2. The van der Waals surface area contributed by atoms with Crippen molar-refractivity contribution in [2.24, 2.45) is 0 Å². The molecule has 0 fully saturated rings. The molecule has 0 atom stereocenters. The molecule has 6 aromatic rings. The summed E-state index contributed by atoms with van der Waals surface area (Å²) in [6.45, 7) is 8.83. The molecule has 0 amide bonds. The topological polar surface area (TPSA) is 114 Å². The van der Waals surface area contributed by atoms with E-state index < -0.39 is 15.8 Å². The van der Waals surface area contributed by atoms with Gasteiger partial charge < -0.3 is 37.4 Å². The standard InChI is InChI=1S/2C18H15P.C7H12O2.C7H10O2.BrH.Na.2H2O/c2*1-4-10-16(11-5-1)19(17-12-6-2-7-13-17)18-14-8-3-9-15-18;2*1-4-5-6(2)7(8)9-3;;;;/h2*1-15H;5H,4H2,1-3H3;4-5H,1H2,2-3H3;1H;;2*1H2/q;;;;;+1;;/p-1/b;;2*6-5+;;;;. The maximum absolute atomic E-state index is 10.6. The molecule has 0 bridgehead atoms. The number of hydrogen-bond acceptors (Lipinski definition) is 5. The first-order valence-corrected chi connectivity index (χ1v) is 21.3. The Bertz CT molecular complexity index is 1770. The third-order valence-corrected chi connectivity index (χ3v) is 13.3. The Kier molecular flexibility index (Phi) is 33.2. The predicted octanol–water partition coefficient (Wildman–Crippen LogP) is 2.44. The summed E-state index contributed by atoms with van der Waals surface area (Å²) in [6.07, 6.45) is 5.87. The van der Waals surface area contributed by atoms with E-state index in [9.17, 15) is 9.59 Å². The Hall–Kier alpha value is -4.26. The van der Waals surface area contributed by atoms with Crippen LogP contribution in [0.1, 0.15) is 27.2 Å². The summed E-state index contributed by atoms with van der Waals surface area (Å²) in [6, 6.07) is 64.8. The van der Waals surface area contributed by atoms with Crippen LogP contribution in [0.4, 0.5) is 0 Å². The quantitative estimate of drug-likeness (QED) is 0.0690. The second-order valence-corrected chi connectivity index (χ2v) is 16.9. The summed E-state index contributed by atoms with van der Waals surface area (Å²) < 4.78 is 8.87. The predicted molar refractivity (Wildman–Crippen MR) is 249 cm³/mol. The van der Waals surface area contributed by atoms with Crippen molar-refractivity contribution in [3.05, 3.63) is 218 Å². The molecule has 0 saturated carbocycles. The Balaban J connectivity index is 0. The molecule has 0 aliphatic heterocycles. The van der Waals surface area contributed by atoms with Crippen molar-refractivity contribution in [3.63, 3.8) is 0 Å². The third-order valence-electron chi connectivity index (χ3n) is 8.12. The fourth-order valence-electron chi connectivity index (χ4n) is 5.45. The Labute approximate surface area is 392 Å². The fourth-order valence-corrected chi connectivity index (χ4v) is 10.3. The Morgan fingerprint density at radius 1 is 0.550 bits per heavy atom. The van der Waals surface area contributed by atoms with Crippen molar-refractivity contribution in [1.29, 1.82) is 0 Å². The average molecular weight is 918 g/mol. The third kappa shape index (κ3) is 20.3. The molecule has 0 saturated heterocycles. The molecule has 0 aromatic heterocycles. The van der Waals surface area contributed by atoms with Gasteiger partial charge in [-0.15, -0.1) is 0 Å². The van der Waals surface area contributed by atoms with E-state index in [2.05, 4.69) is 198 Å². The zero-order valence-electron chi connectivity index (χ0n) is 35.4. The van der Waals surface area contributed by atoms with E-state index in [0.717, 1.165) is 6.42 Å². The van der Waals surface area contributed by atoms with Gasteiger partial charge in [0.25, 0.3) is 0 Å².